The van der Waals surface area contributed by atoms with Gasteiger partial charge in [0.25, 0.3) is 5.91 Å². The predicted octanol–water partition coefficient (Wildman–Crippen LogP) is 2.46. The fourth-order valence-corrected chi connectivity index (χ4v) is 5.10. The number of ether oxygens (including phenoxy) is 1. The summed E-state index contributed by atoms with van der Waals surface area (Å²) >= 11 is 7.89. The van der Waals surface area contributed by atoms with Crippen molar-refractivity contribution < 1.29 is 9.53 Å². The number of amides is 1. The number of nitrogens with zero attached hydrogens (tertiary/aromatic N) is 6. The molecule has 0 radical (unpaired) electrons. The Morgan fingerprint density at radius 1 is 1.18 bits per heavy atom. The largest absolute Gasteiger partial charge is 0.494 e. The zero-order valence-corrected chi connectivity index (χ0v) is 17.0. The minimum absolute atomic E-state index is 0.0330. The van der Waals surface area contributed by atoms with Gasteiger partial charge in [-0.15, -0.1) is 10.2 Å². The highest BCUT2D eigenvalue weighted by Gasteiger charge is 2.29. The van der Waals surface area contributed by atoms with Crippen molar-refractivity contribution >= 4 is 44.2 Å². The van der Waals surface area contributed by atoms with E-state index in [0.717, 1.165) is 46.3 Å². The molecule has 28 heavy (non-hydrogen) atoms. The maximum atomic E-state index is 12.9. The molecule has 3 aromatic rings. The SMILES string of the molecule is COc1ccc(Cl)c2sc(N3CCN(C(=O)c4nnc5n4CCC5)CC3)nc12. The van der Waals surface area contributed by atoms with Crippen LogP contribution in [0.5, 0.6) is 5.75 Å². The van der Waals surface area contributed by atoms with Crippen LogP contribution in [0, 0.1) is 0 Å². The summed E-state index contributed by atoms with van der Waals surface area (Å²) in [5.74, 6) is 2.07. The van der Waals surface area contributed by atoms with Crippen LogP contribution in [-0.4, -0.2) is 63.8 Å². The molecule has 0 saturated carbocycles. The van der Waals surface area contributed by atoms with E-state index in [0.29, 0.717) is 37.0 Å². The van der Waals surface area contributed by atoms with Crippen LogP contribution in [-0.2, 0) is 13.0 Å². The van der Waals surface area contributed by atoms with E-state index in [1.54, 1.807) is 18.4 Å². The first-order valence-corrected chi connectivity index (χ1v) is 10.4. The van der Waals surface area contributed by atoms with E-state index in [-0.39, 0.29) is 5.91 Å². The summed E-state index contributed by atoms with van der Waals surface area (Å²) in [7, 11) is 1.63. The summed E-state index contributed by atoms with van der Waals surface area (Å²) in [6.07, 6.45) is 1.93. The molecule has 1 saturated heterocycles. The molecule has 4 heterocycles. The molecule has 0 bridgehead atoms. The number of piperazine rings is 1. The Morgan fingerprint density at radius 3 is 2.79 bits per heavy atom. The fourth-order valence-electron chi connectivity index (χ4n) is 3.79. The number of hydrogen-bond acceptors (Lipinski definition) is 7. The van der Waals surface area contributed by atoms with E-state index in [1.807, 2.05) is 21.6 Å². The van der Waals surface area contributed by atoms with Crippen molar-refractivity contribution in [2.24, 2.45) is 0 Å². The summed E-state index contributed by atoms with van der Waals surface area (Å²) in [5, 5.41) is 9.84. The molecular formula is C18H19ClN6O2S. The van der Waals surface area contributed by atoms with Gasteiger partial charge in [0.05, 0.1) is 16.8 Å². The lowest BCUT2D eigenvalue weighted by Crippen LogP contribution is -2.49. The Morgan fingerprint density at radius 2 is 2.00 bits per heavy atom. The van der Waals surface area contributed by atoms with Crippen molar-refractivity contribution in [3.63, 3.8) is 0 Å². The molecule has 0 atom stereocenters. The van der Waals surface area contributed by atoms with Crippen LogP contribution in [0.3, 0.4) is 0 Å². The van der Waals surface area contributed by atoms with E-state index in [4.69, 9.17) is 21.3 Å². The monoisotopic (exact) mass is 418 g/mol. The van der Waals surface area contributed by atoms with Crippen molar-refractivity contribution in [2.75, 3.05) is 38.2 Å². The van der Waals surface area contributed by atoms with Gasteiger partial charge in [0, 0.05) is 39.1 Å². The van der Waals surface area contributed by atoms with E-state index >= 15 is 0 Å². The van der Waals surface area contributed by atoms with Gasteiger partial charge in [-0.1, -0.05) is 22.9 Å². The van der Waals surface area contributed by atoms with Crippen LogP contribution in [0.15, 0.2) is 12.1 Å². The molecule has 0 spiro atoms. The highest BCUT2D eigenvalue weighted by molar-refractivity contribution is 7.22. The van der Waals surface area contributed by atoms with Gasteiger partial charge >= 0.3 is 0 Å². The van der Waals surface area contributed by atoms with Gasteiger partial charge in [0.1, 0.15) is 17.1 Å². The van der Waals surface area contributed by atoms with E-state index in [2.05, 4.69) is 15.1 Å². The van der Waals surface area contributed by atoms with Crippen molar-refractivity contribution in [2.45, 2.75) is 19.4 Å². The van der Waals surface area contributed by atoms with Crippen molar-refractivity contribution in [1.29, 1.82) is 0 Å². The van der Waals surface area contributed by atoms with Crippen molar-refractivity contribution in [3.05, 3.63) is 28.8 Å². The lowest BCUT2D eigenvalue weighted by molar-refractivity contribution is 0.0729. The lowest BCUT2D eigenvalue weighted by Gasteiger charge is -2.34. The standard InChI is InChI=1S/C18H19ClN6O2S/c1-27-12-5-4-11(19)15-14(12)20-18(28-15)24-9-7-23(8-10-24)17(26)16-22-21-13-3-2-6-25(13)16/h4-5H,2-3,6-10H2,1H3. The quantitative estimate of drug-likeness (QED) is 0.650. The Kier molecular flexibility index (Phi) is 4.36. The molecule has 8 nitrogen and oxygen atoms in total. The van der Waals surface area contributed by atoms with Crippen LogP contribution in [0.1, 0.15) is 22.9 Å². The Balaban J connectivity index is 1.32. The molecule has 0 aliphatic carbocycles. The molecule has 2 aliphatic heterocycles. The molecule has 2 aromatic heterocycles. The zero-order chi connectivity index (χ0) is 19.3. The number of rotatable bonds is 3. The Bertz CT molecular complexity index is 1060. The summed E-state index contributed by atoms with van der Waals surface area (Å²) in [6.45, 7) is 3.51. The van der Waals surface area contributed by atoms with E-state index in [1.165, 1.54) is 0 Å². The highest BCUT2D eigenvalue weighted by Crippen LogP contribution is 2.38. The third-order valence-electron chi connectivity index (χ3n) is 5.31. The summed E-state index contributed by atoms with van der Waals surface area (Å²) < 4.78 is 8.29. The molecule has 146 valence electrons. The molecule has 1 aromatic carbocycles. The number of carbonyl (C=O) groups excluding carboxylic acids is 1. The van der Waals surface area contributed by atoms with Crippen LogP contribution >= 0.6 is 22.9 Å². The molecule has 1 amide bonds. The third-order valence-corrected chi connectivity index (χ3v) is 6.88. The van der Waals surface area contributed by atoms with E-state index in [9.17, 15) is 4.79 Å². The molecular weight excluding hydrogens is 400 g/mol. The number of methoxy groups -OCH3 is 1. The molecule has 0 unspecified atom stereocenters. The smallest absolute Gasteiger partial charge is 0.291 e. The minimum Gasteiger partial charge on any atom is -0.494 e. The second-order valence-corrected chi connectivity index (χ2v) is 8.28. The number of benzene rings is 1. The number of fused-ring (bicyclic) bond motifs is 2. The maximum absolute atomic E-state index is 12.9. The first-order valence-electron chi connectivity index (χ1n) is 9.25. The first kappa shape index (κ1) is 17.7. The second-order valence-electron chi connectivity index (χ2n) is 6.90. The van der Waals surface area contributed by atoms with Crippen LogP contribution < -0.4 is 9.64 Å². The first-order chi connectivity index (χ1) is 13.7. The summed E-state index contributed by atoms with van der Waals surface area (Å²) in [4.78, 5) is 21.7. The average Bonchev–Trinajstić information content (AvgIpc) is 3.44. The minimum atomic E-state index is -0.0330. The van der Waals surface area contributed by atoms with Crippen LogP contribution in [0.4, 0.5) is 5.13 Å². The number of hydrogen-bond donors (Lipinski definition) is 0. The number of anilines is 1. The van der Waals surface area contributed by atoms with Gasteiger partial charge in [-0.05, 0) is 18.6 Å². The van der Waals surface area contributed by atoms with Crippen LogP contribution in [0.2, 0.25) is 5.02 Å². The molecule has 1 fully saturated rings. The maximum Gasteiger partial charge on any atom is 0.291 e. The van der Waals surface area contributed by atoms with Gasteiger partial charge in [0.15, 0.2) is 5.13 Å². The number of aryl methyl sites for hydroxylation is 1. The molecule has 5 rings (SSSR count). The molecule has 2 aliphatic rings. The number of thiazole rings is 1. The molecule has 10 heteroatoms. The van der Waals surface area contributed by atoms with E-state index < -0.39 is 0 Å². The Hall–Kier alpha value is -2.39. The second kappa shape index (κ2) is 6.89. The van der Waals surface area contributed by atoms with Gasteiger partial charge in [-0.25, -0.2) is 4.98 Å². The Labute approximate surface area is 170 Å². The average molecular weight is 419 g/mol. The van der Waals surface area contributed by atoms with Gasteiger partial charge < -0.3 is 19.1 Å². The van der Waals surface area contributed by atoms with Crippen LogP contribution in [0.25, 0.3) is 10.2 Å². The zero-order valence-electron chi connectivity index (χ0n) is 15.4. The summed E-state index contributed by atoms with van der Waals surface area (Å²) in [6, 6.07) is 3.67. The number of halogens is 1. The van der Waals surface area contributed by atoms with Gasteiger partial charge in [-0.2, -0.15) is 0 Å². The van der Waals surface area contributed by atoms with Crippen molar-refractivity contribution in [1.82, 2.24) is 24.6 Å². The summed E-state index contributed by atoms with van der Waals surface area (Å²) in [5.41, 5.74) is 0.785. The number of carbonyl (C=O) groups is 1. The van der Waals surface area contributed by atoms with Gasteiger partial charge in [0.2, 0.25) is 5.82 Å². The normalized spacial score (nSPS) is 16.6. The predicted molar refractivity (Wildman–Crippen MR) is 108 cm³/mol. The highest BCUT2D eigenvalue weighted by atomic mass is 35.5. The van der Waals surface area contributed by atoms with Gasteiger partial charge in [-0.3, -0.25) is 4.79 Å². The topological polar surface area (TPSA) is 76.4 Å². The third kappa shape index (κ3) is 2.80. The number of aromatic nitrogens is 4. The fraction of sp³-hybridized carbons (Fsp3) is 0.444. The lowest BCUT2D eigenvalue weighted by atomic mass is 10.3. The van der Waals surface area contributed by atoms with Crippen molar-refractivity contribution in [3.8, 4) is 5.75 Å². The molecule has 0 N–H and O–H groups in total.